The van der Waals surface area contributed by atoms with Gasteiger partial charge in [0, 0.05) is 6.20 Å². The minimum absolute atomic E-state index is 0.0122. The number of hydrogen-bond acceptors (Lipinski definition) is 5. The van der Waals surface area contributed by atoms with Crippen molar-refractivity contribution in [1.29, 1.82) is 0 Å². The third kappa shape index (κ3) is 3.19. The highest BCUT2D eigenvalue weighted by Gasteiger charge is 2.14. The van der Waals surface area contributed by atoms with E-state index in [0.29, 0.717) is 30.1 Å². The van der Waals surface area contributed by atoms with Crippen LogP contribution in [0, 0.1) is 0 Å². The molecule has 3 rings (SSSR count). The fourth-order valence-electron chi connectivity index (χ4n) is 1.67. The smallest absolute Gasteiger partial charge is 0.196 e. The average molecular weight is 379 g/mol. The second-order valence-corrected chi connectivity index (χ2v) is 7.50. The van der Waals surface area contributed by atoms with Crippen LogP contribution in [0.4, 0.5) is 0 Å². The summed E-state index contributed by atoms with van der Waals surface area (Å²) < 4.78 is 2.26. The molecule has 108 valence electrons. The minimum Gasteiger partial charge on any atom is -0.292 e. The predicted octanol–water partition coefficient (Wildman–Crippen LogP) is 4.73. The summed E-state index contributed by atoms with van der Waals surface area (Å²) in [7, 11) is 0. The molecule has 0 radical (unpaired) electrons. The number of hydrogen-bond donors (Lipinski definition) is 0. The predicted molar refractivity (Wildman–Crippen MR) is 87.4 cm³/mol. The molecule has 3 aromatic heterocycles. The lowest BCUT2D eigenvalue weighted by Crippen LogP contribution is -2.00. The van der Waals surface area contributed by atoms with E-state index in [4.69, 9.17) is 34.8 Å². The molecular formula is C12H6Cl3N3OS2. The second kappa shape index (κ2) is 6.14. The van der Waals surface area contributed by atoms with Crippen LogP contribution in [-0.2, 0) is 0 Å². The fraction of sp³-hybridized carbons (Fsp3) is 0.0833. The summed E-state index contributed by atoms with van der Waals surface area (Å²) in [5.41, 5.74) is 0.509. The summed E-state index contributed by atoms with van der Waals surface area (Å²) in [6.45, 7) is 0. The summed E-state index contributed by atoms with van der Waals surface area (Å²) in [5, 5.41) is 9.46. The Morgan fingerprint density at radius 3 is 2.81 bits per heavy atom. The maximum absolute atomic E-state index is 12.0. The molecule has 4 nitrogen and oxygen atoms in total. The average Bonchev–Trinajstić information content (AvgIpc) is 3.02. The first-order valence-electron chi connectivity index (χ1n) is 5.66. The number of Topliss-reactive ketones (excluding diaryl/α,β-unsaturated/α-hetero) is 1. The van der Waals surface area contributed by atoms with Gasteiger partial charge >= 0.3 is 0 Å². The van der Waals surface area contributed by atoms with Crippen LogP contribution in [0.2, 0.25) is 14.4 Å². The van der Waals surface area contributed by atoms with Gasteiger partial charge in [-0.05, 0) is 18.2 Å². The number of nitrogens with zero attached hydrogens (tertiary/aromatic N) is 3. The molecule has 0 bridgehead atoms. The Morgan fingerprint density at radius 1 is 1.29 bits per heavy atom. The number of thiophene rings is 1. The van der Waals surface area contributed by atoms with E-state index in [9.17, 15) is 4.79 Å². The molecule has 21 heavy (non-hydrogen) atoms. The van der Waals surface area contributed by atoms with Gasteiger partial charge in [0.25, 0.3) is 0 Å². The van der Waals surface area contributed by atoms with Crippen molar-refractivity contribution in [2.75, 3.05) is 5.75 Å². The van der Waals surface area contributed by atoms with E-state index in [2.05, 4.69) is 10.2 Å². The van der Waals surface area contributed by atoms with Gasteiger partial charge in [-0.3, -0.25) is 9.20 Å². The van der Waals surface area contributed by atoms with Crippen LogP contribution in [-0.4, -0.2) is 26.1 Å². The van der Waals surface area contributed by atoms with E-state index in [1.165, 1.54) is 23.1 Å². The molecule has 0 amide bonds. The van der Waals surface area contributed by atoms with Crippen molar-refractivity contribution < 1.29 is 4.79 Å². The molecule has 0 unspecified atom stereocenters. The van der Waals surface area contributed by atoms with Gasteiger partial charge in [0.15, 0.2) is 16.6 Å². The minimum atomic E-state index is -0.0122. The number of ketones is 1. The molecule has 0 saturated heterocycles. The lowest BCUT2D eigenvalue weighted by atomic mass is 10.4. The summed E-state index contributed by atoms with van der Waals surface area (Å²) in [5.74, 6) is 0.226. The van der Waals surface area contributed by atoms with Crippen LogP contribution in [0.5, 0.6) is 0 Å². The number of thioether (sulfide) groups is 1. The number of carbonyl (C=O) groups excluding carboxylic acids is 1. The number of pyridine rings is 1. The third-order valence-corrected chi connectivity index (χ3v) is 5.28. The van der Waals surface area contributed by atoms with Gasteiger partial charge in [-0.15, -0.1) is 21.5 Å². The van der Waals surface area contributed by atoms with Crippen LogP contribution in [0.25, 0.3) is 5.65 Å². The van der Waals surface area contributed by atoms with Gasteiger partial charge in [0.1, 0.15) is 0 Å². The third-order valence-electron chi connectivity index (χ3n) is 2.58. The summed E-state index contributed by atoms with van der Waals surface area (Å²) >= 11 is 20.4. The molecule has 3 heterocycles. The number of halogens is 3. The van der Waals surface area contributed by atoms with Crippen LogP contribution in [0.1, 0.15) is 9.67 Å². The Bertz CT molecular complexity index is 830. The highest BCUT2D eigenvalue weighted by atomic mass is 35.5. The molecule has 0 atom stereocenters. The molecule has 0 aromatic carbocycles. The fourth-order valence-corrected chi connectivity index (χ4v) is 4.04. The summed E-state index contributed by atoms with van der Waals surface area (Å²) in [4.78, 5) is 12.7. The first kappa shape index (κ1) is 15.1. The summed E-state index contributed by atoms with van der Waals surface area (Å²) in [6, 6.07) is 5.02. The van der Waals surface area contributed by atoms with E-state index < -0.39 is 0 Å². The first-order valence-corrected chi connectivity index (χ1v) is 8.59. The molecule has 9 heteroatoms. The maximum atomic E-state index is 12.0. The van der Waals surface area contributed by atoms with Crippen LogP contribution in [0.15, 0.2) is 29.6 Å². The van der Waals surface area contributed by atoms with Crippen LogP contribution in [0.3, 0.4) is 0 Å². The molecule has 0 aliphatic rings. The Balaban J connectivity index is 1.81. The van der Waals surface area contributed by atoms with Gasteiger partial charge in [0.05, 0.1) is 25.0 Å². The van der Waals surface area contributed by atoms with Crippen molar-refractivity contribution in [3.8, 4) is 0 Å². The van der Waals surface area contributed by atoms with Crippen LogP contribution < -0.4 is 0 Å². The molecule has 0 saturated carbocycles. The van der Waals surface area contributed by atoms with E-state index in [-0.39, 0.29) is 11.5 Å². The lowest BCUT2D eigenvalue weighted by Gasteiger charge is -2.00. The zero-order valence-electron chi connectivity index (χ0n) is 10.2. The zero-order valence-corrected chi connectivity index (χ0v) is 14.1. The van der Waals surface area contributed by atoms with Crippen molar-refractivity contribution in [2.24, 2.45) is 0 Å². The number of fused-ring (bicyclic) bond motifs is 1. The van der Waals surface area contributed by atoms with Crippen molar-refractivity contribution in [3.63, 3.8) is 0 Å². The Labute approximate surface area is 143 Å². The molecule has 0 N–H and O–H groups in total. The van der Waals surface area contributed by atoms with E-state index in [1.807, 2.05) is 0 Å². The zero-order chi connectivity index (χ0) is 15.0. The largest absolute Gasteiger partial charge is 0.292 e. The van der Waals surface area contributed by atoms with Gasteiger partial charge in [0.2, 0.25) is 0 Å². The quantitative estimate of drug-likeness (QED) is 0.486. The van der Waals surface area contributed by atoms with Crippen molar-refractivity contribution in [3.05, 3.63) is 43.7 Å². The first-order chi connectivity index (χ1) is 10.0. The molecule has 0 aliphatic carbocycles. The van der Waals surface area contributed by atoms with Gasteiger partial charge in [-0.1, -0.05) is 46.6 Å². The van der Waals surface area contributed by atoms with Crippen molar-refractivity contribution in [1.82, 2.24) is 14.6 Å². The highest BCUT2D eigenvalue weighted by Crippen LogP contribution is 2.27. The lowest BCUT2D eigenvalue weighted by molar-refractivity contribution is 0.102. The van der Waals surface area contributed by atoms with E-state index in [1.54, 1.807) is 28.8 Å². The van der Waals surface area contributed by atoms with Crippen LogP contribution >= 0.6 is 57.9 Å². The SMILES string of the molecule is O=C(CSc1nnc2c(Cl)cc(Cl)cn12)c1ccc(Cl)s1. The summed E-state index contributed by atoms with van der Waals surface area (Å²) in [6.07, 6.45) is 1.66. The monoisotopic (exact) mass is 377 g/mol. The van der Waals surface area contributed by atoms with E-state index >= 15 is 0 Å². The number of aromatic nitrogens is 3. The second-order valence-electron chi connectivity index (χ2n) is 4.00. The van der Waals surface area contributed by atoms with E-state index in [0.717, 1.165) is 0 Å². The highest BCUT2D eigenvalue weighted by molar-refractivity contribution is 7.99. The van der Waals surface area contributed by atoms with Gasteiger partial charge in [-0.2, -0.15) is 0 Å². The van der Waals surface area contributed by atoms with Gasteiger partial charge in [-0.25, -0.2) is 0 Å². The topological polar surface area (TPSA) is 47.3 Å². The number of carbonyl (C=O) groups is 1. The Morgan fingerprint density at radius 2 is 2.10 bits per heavy atom. The molecule has 0 spiro atoms. The van der Waals surface area contributed by atoms with Gasteiger partial charge < -0.3 is 0 Å². The molecule has 3 aromatic rings. The standard InChI is InChI=1S/C12H6Cl3N3OS2/c13-6-3-7(14)11-16-17-12(18(11)4-6)20-5-8(19)9-1-2-10(15)21-9/h1-4H,5H2. The molecule has 0 aliphatic heterocycles. The Kier molecular flexibility index (Phi) is 4.42. The molecule has 0 fully saturated rings. The Hall–Kier alpha value is -0.790. The van der Waals surface area contributed by atoms with Crippen molar-refractivity contribution in [2.45, 2.75) is 5.16 Å². The number of rotatable bonds is 4. The normalized spacial score (nSPS) is 11.2. The van der Waals surface area contributed by atoms with Crippen molar-refractivity contribution >= 4 is 69.3 Å². The molecular weight excluding hydrogens is 373 g/mol. The maximum Gasteiger partial charge on any atom is 0.196 e.